The highest BCUT2D eigenvalue weighted by Gasteiger charge is 2.32. The quantitative estimate of drug-likeness (QED) is 0.808. The van der Waals surface area contributed by atoms with E-state index >= 15 is 0 Å². The van der Waals surface area contributed by atoms with Crippen LogP contribution in [-0.2, 0) is 4.79 Å². The summed E-state index contributed by atoms with van der Waals surface area (Å²) in [5.41, 5.74) is 4.80. The molecule has 102 valence electrons. The average molecular weight is 269 g/mol. The second-order valence-corrected chi connectivity index (χ2v) is 4.38. The number of carbonyl (C=O) groups is 2. The first-order chi connectivity index (χ1) is 9.02. The van der Waals surface area contributed by atoms with Crippen LogP contribution in [0.4, 0.5) is 8.78 Å². The van der Waals surface area contributed by atoms with Crippen LogP contribution in [0.2, 0.25) is 0 Å². The second-order valence-electron chi connectivity index (χ2n) is 4.38. The maximum atomic E-state index is 13.5. The fraction of sp³-hybridized carbons (Fsp3) is 0.417. The highest BCUT2D eigenvalue weighted by molar-refractivity contribution is 5.97. The van der Waals surface area contributed by atoms with Crippen LogP contribution in [0.3, 0.4) is 0 Å². The maximum Gasteiger partial charge on any atom is 0.257 e. The molecule has 0 spiro atoms. The number of primary amides is 1. The molecule has 2 N–H and O–H groups in total. The predicted molar refractivity (Wildman–Crippen MR) is 62.0 cm³/mol. The monoisotopic (exact) mass is 269 g/mol. The van der Waals surface area contributed by atoms with Gasteiger partial charge in [0.05, 0.1) is 5.56 Å². The molecule has 0 bridgehead atoms. The number of likely N-dealkylation sites (tertiary alicyclic amines) is 1. The van der Waals surface area contributed by atoms with Gasteiger partial charge in [-0.2, -0.15) is 4.39 Å². The van der Waals surface area contributed by atoms with Crippen molar-refractivity contribution in [2.24, 2.45) is 5.73 Å². The van der Waals surface area contributed by atoms with Crippen LogP contribution < -0.4 is 5.73 Å². The Morgan fingerprint density at radius 1 is 1.37 bits per heavy atom. The average Bonchev–Trinajstić information content (AvgIpc) is 2.41. The summed E-state index contributed by atoms with van der Waals surface area (Å²) in [6.07, 6.45) is 2.92. The zero-order chi connectivity index (χ0) is 14.0. The van der Waals surface area contributed by atoms with Crippen molar-refractivity contribution in [2.75, 3.05) is 6.54 Å². The molecule has 0 saturated carbocycles. The summed E-state index contributed by atoms with van der Waals surface area (Å²) in [6, 6.07) is 0.324. The third-order valence-corrected chi connectivity index (χ3v) is 3.17. The smallest absolute Gasteiger partial charge is 0.257 e. The normalized spacial score (nSPS) is 19.3. The van der Waals surface area contributed by atoms with Crippen LogP contribution in [-0.4, -0.2) is 34.3 Å². The molecule has 1 aromatic heterocycles. The molecule has 7 heteroatoms. The molecular weight excluding hydrogens is 256 g/mol. The molecular formula is C12H13F2N3O2. The van der Waals surface area contributed by atoms with Gasteiger partial charge in [-0.3, -0.25) is 9.59 Å². The van der Waals surface area contributed by atoms with E-state index in [1.54, 1.807) is 0 Å². The number of carbonyl (C=O) groups excluding carboxylic acids is 2. The molecule has 19 heavy (non-hydrogen) atoms. The minimum atomic E-state index is -1.33. The van der Waals surface area contributed by atoms with E-state index in [2.05, 4.69) is 4.98 Å². The Kier molecular flexibility index (Phi) is 3.73. The molecule has 1 aliphatic heterocycles. The van der Waals surface area contributed by atoms with Crippen molar-refractivity contribution in [1.29, 1.82) is 0 Å². The van der Waals surface area contributed by atoms with Gasteiger partial charge in [-0.05, 0) is 25.3 Å². The molecule has 2 rings (SSSR count). The van der Waals surface area contributed by atoms with Gasteiger partial charge < -0.3 is 10.6 Å². The van der Waals surface area contributed by atoms with Gasteiger partial charge in [0.15, 0.2) is 5.82 Å². The molecule has 1 aliphatic rings. The van der Waals surface area contributed by atoms with Gasteiger partial charge in [-0.25, -0.2) is 9.37 Å². The standard InChI is InChI=1S/C12H13F2N3O2/c13-9-7(4-5-16-10(9)14)12(19)17-6-2-1-3-8(17)11(15)18/h4-5,8H,1-3,6H2,(H2,15,18). The van der Waals surface area contributed by atoms with E-state index in [9.17, 15) is 18.4 Å². The van der Waals surface area contributed by atoms with Crippen LogP contribution in [0.15, 0.2) is 12.3 Å². The van der Waals surface area contributed by atoms with Crippen molar-refractivity contribution in [1.82, 2.24) is 9.88 Å². The maximum absolute atomic E-state index is 13.5. The second kappa shape index (κ2) is 5.29. The van der Waals surface area contributed by atoms with Crippen molar-refractivity contribution in [3.63, 3.8) is 0 Å². The molecule has 0 aromatic carbocycles. The van der Waals surface area contributed by atoms with Gasteiger partial charge in [0.1, 0.15) is 6.04 Å². The Hall–Kier alpha value is -2.05. The van der Waals surface area contributed by atoms with Crippen molar-refractivity contribution in [3.8, 4) is 0 Å². The summed E-state index contributed by atoms with van der Waals surface area (Å²) in [5.74, 6) is -4.01. The van der Waals surface area contributed by atoms with E-state index in [0.717, 1.165) is 18.7 Å². The molecule has 0 radical (unpaired) electrons. The highest BCUT2D eigenvalue weighted by Crippen LogP contribution is 2.21. The van der Waals surface area contributed by atoms with Gasteiger partial charge >= 0.3 is 0 Å². The Morgan fingerprint density at radius 2 is 2.11 bits per heavy atom. The van der Waals surface area contributed by atoms with Crippen LogP contribution >= 0.6 is 0 Å². The molecule has 0 aliphatic carbocycles. The number of hydrogen-bond donors (Lipinski definition) is 1. The number of aromatic nitrogens is 1. The fourth-order valence-electron chi connectivity index (χ4n) is 2.21. The van der Waals surface area contributed by atoms with Crippen molar-refractivity contribution >= 4 is 11.8 Å². The summed E-state index contributed by atoms with van der Waals surface area (Å²) in [6.45, 7) is 0.301. The topological polar surface area (TPSA) is 76.3 Å². The Bertz CT molecular complexity index is 522. The zero-order valence-electron chi connectivity index (χ0n) is 10.1. The lowest BCUT2D eigenvalue weighted by molar-refractivity contribution is -0.123. The lowest BCUT2D eigenvalue weighted by Crippen LogP contribution is -2.50. The molecule has 1 unspecified atom stereocenters. The van der Waals surface area contributed by atoms with Crippen LogP contribution in [0, 0.1) is 11.8 Å². The van der Waals surface area contributed by atoms with Gasteiger partial charge in [0.2, 0.25) is 11.9 Å². The summed E-state index contributed by atoms with van der Waals surface area (Å²) in [5, 5.41) is 0. The highest BCUT2D eigenvalue weighted by atomic mass is 19.2. The van der Waals surface area contributed by atoms with Crippen molar-refractivity contribution < 1.29 is 18.4 Å². The molecule has 1 saturated heterocycles. The van der Waals surface area contributed by atoms with Gasteiger partial charge in [-0.15, -0.1) is 0 Å². The number of nitrogens with two attached hydrogens (primary N) is 1. The number of nitrogens with zero attached hydrogens (tertiary/aromatic N) is 2. The molecule has 1 fully saturated rings. The lowest BCUT2D eigenvalue weighted by Gasteiger charge is -2.33. The van der Waals surface area contributed by atoms with Gasteiger partial charge in [0.25, 0.3) is 5.91 Å². The zero-order valence-corrected chi connectivity index (χ0v) is 10.1. The Labute approximate surface area is 108 Å². The molecule has 2 heterocycles. The molecule has 2 amide bonds. The molecule has 1 aromatic rings. The van der Waals surface area contributed by atoms with Crippen LogP contribution in [0.5, 0.6) is 0 Å². The number of piperidine rings is 1. The first-order valence-electron chi connectivity index (χ1n) is 5.92. The number of amides is 2. The van der Waals surface area contributed by atoms with Gasteiger partial charge in [0, 0.05) is 12.7 Å². The van der Waals surface area contributed by atoms with E-state index in [1.807, 2.05) is 0 Å². The summed E-state index contributed by atoms with van der Waals surface area (Å²) < 4.78 is 26.5. The van der Waals surface area contributed by atoms with Crippen LogP contribution in [0.1, 0.15) is 29.6 Å². The molecule has 5 nitrogen and oxygen atoms in total. The van der Waals surface area contributed by atoms with E-state index in [0.29, 0.717) is 19.4 Å². The van der Waals surface area contributed by atoms with E-state index in [1.165, 1.54) is 4.90 Å². The number of pyridine rings is 1. The number of hydrogen-bond acceptors (Lipinski definition) is 3. The minimum absolute atomic E-state index is 0.301. The molecule has 1 atom stereocenters. The predicted octanol–water partition coefficient (Wildman–Crippen LogP) is 0.840. The first-order valence-corrected chi connectivity index (χ1v) is 5.92. The van der Waals surface area contributed by atoms with Crippen LogP contribution in [0.25, 0.3) is 0 Å². The van der Waals surface area contributed by atoms with Gasteiger partial charge in [-0.1, -0.05) is 0 Å². The third kappa shape index (κ3) is 2.54. The third-order valence-electron chi connectivity index (χ3n) is 3.17. The number of halogens is 2. The fourth-order valence-corrected chi connectivity index (χ4v) is 2.21. The Balaban J connectivity index is 2.31. The largest absolute Gasteiger partial charge is 0.368 e. The Morgan fingerprint density at radius 3 is 2.79 bits per heavy atom. The lowest BCUT2D eigenvalue weighted by atomic mass is 10.0. The van der Waals surface area contributed by atoms with E-state index < -0.39 is 35.2 Å². The SMILES string of the molecule is NC(=O)C1CCCCN1C(=O)c1ccnc(F)c1F. The summed E-state index contributed by atoms with van der Waals surface area (Å²) in [7, 11) is 0. The van der Waals surface area contributed by atoms with E-state index in [-0.39, 0.29) is 0 Å². The summed E-state index contributed by atoms with van der Waals surface area (Å²) >= 11 is 0. The summed E-state index contributed by atoms with van der Waals surface area (Å²) in [4.78, 5) is 27.8. The first kappa shape index (κ1) is 13.4. The van der Waals surface area contributed by atoms with Crippen molar-refractivity contribution in [2.45, 2.75) is 25.3 Å². The van der Waals surface area contributed by atoms with E-state index in [4.69, 9.17) is 5.73 Å². The van der Waals surface area contributed by atoms with Crippen molar-refractivity contribution in [3.05, 3.63) is 29.6 Å². The minimum Gasteiger partial charge on any atom is -0.368 e. The number of rotatable bonds is 2.